The fourth-order valence-electron chi connectivity index (χ4n) is 1.20. The average molecular weight is 247 g/mol. The normalized spacial score (nSPS) is 9.88. The fraction of sp³-hybridized carbons (Fsp3) is 0. The lowest BCUT2D eigenvalue weighted by atomic mass is 10.3. The summed E-state index contributed by atoms with van der Waals surface area (Å²) in [5.41, 5.74) is 5.83. The van der Waals surface area contributed by atoms with Crippen LogP contribution in [0.2, 0.25) is 0 Å². The summed E-state index contributed by atoms with van der Waals surface area (Å²) in [4.78, 5) is 26.4. The first-order chi connectivity index (χ1) is 8.16. The van der Waals surface area contributed by atoms with E-state index >= 15 is 0 Å². The molecule has 0 aliphatic carbocycles. The first kappa shape index (κ1) is 11.3. The van der Waals surface area contributed by atoms with Gasteiger partial charge >= 0.3 is 0 Å². The average Bonchev–Trinajstić information content (AvgIpc) is 2.79. The molecule has 5 nitrogen and oxygen atoms in total. The molecule has 2 rings (SSSR count). The number of rotatable bonds is 3. The van der Waals surface area contributed by atoms with E-state index in [1.807, 2.05) is 18.2 Å². The molecule has 1 aromatic carbocycles. The van der Waals surface area contributed by atoms with Crippen molar-refractivity contribution in [2.24, 2.45) is 5.73 Å². The van der Waals surface area contributed by atoms with Gasteiger partial charge in [-0.3, -0.25) is 9.59 Å². The molecule has 0 saturated heterocycles. The largest absolute Gasteiger partial charge is 0.364 e. The Hall–Kier alpha value is -2.21. The summed E-state index contributed by atoms with van der Waals surface area (Å²) in [6.45, 7) is 0. The standard InChI is InChI=1S/C11H9N3O2S/c12-9(15)8-6-17-11(14-8)10(16)13-7-4-2-1-3-5-7/h1-6H,(H2,12,15)(H,13,16). The van der Waals surface area contributed by atoms with E-state index in [1.165, 1.54) is 5.38 Å². The summed E-state index contributed by atoms with van der Waals surface area (Å²) in [7, 11) is 0. The summed E-state index contributed by atoms with van der Waals surface area (Å²) in [5, 5.41) is 4.34. The van der Waals surface area contributed by atoms with Crippen molar-refractivity contribution in [3.05, 3.63) is 46.4 Å². The van der Waals surface area contributed by atoms with Crippen LogP contribution in [0, 0.1) is 0 Å². The zero-order valence-electron chi connectivity index (χ0n) is 8.71. The van der Waals surface area contributed by atoms with Crippen LogP contribution in [-0.4, -0.2) is 16.8 Å². The molecule has 0 radical (unpaired) electrons. The molecule has 0 bridgehead atoms. The Balaban J connectivity index is 2.12. The van der Waals surface area contributed by atoms with E-state index in [-0.39, 0.29) is 16.6 Å². The van der Waals surface area contributed by atoms with E-state index in [4.69, 9.17) is 5.73 Å². The molecule has 0 aliphatic heterocycles. The maximum Gasteiger partial charge on any atom is 0.284 e. The number of anilines is 1. The number of hydrogen-bond donors (Lipinski definition) is 2. The second-order valence-corrected chi connectivity index (χ2v) is 4.08. The molecule has 2 amide bonds. The van der Waals surface area contributed by atoms with E-state index in [2.05, 4.69) is 10.3 Å². The second kappa shape index (κ2) is 4.75. The van der Waals surface area contributed by atoms with Gasteiger partial charge in [0.25, 0.3) is 11.8 Å². The van der Waals surface area contributed by atoms with Crippen molar-refractivity contribution >= 4 is 28.8 Å². The van der Waals surface area contributed by atoms with Crippen LogP contribution in [0.4, 0.5) is 5.69 Å². The van der Waals surface area contributed by atoms with Crippen molar-refractivity contribution in [3.8, 4) is 0 Å². The monoisotopic (exact) mass is 247 g/mol. The Morgan fingerprint density at radius 3 is 2.53 bits per heavy atom. The number of aromatic nitrogens is 1. The Morgan fingerprint density at radius 2 is 1.94 bits per heavy atom. The Bertz CT molecular complexity index is 551. The fourth-order valence-corrected chi connectivity index (χ4v) is 1.90. The third kappa shape index (κ3) is 2.67. The van der Waals surface area contributed by atoms with E-state index in [9.17, 15) is 9.59 Å². The summed E-state index contributed by atoms with van der Waals surface area (Å²) in [5.74, 6) is -0.992. The Labute approximate surface area is 101 Å². The molecule has 86 valence electrons. The van der Waals surface area contributed by atoms with Crippen LogP contribution in [0.25, 0.3) is 0 Å². The second-order valence-electron chi connectivity index (χ2n) is 3.22. The van der Waals surface area contributed by atoms with Gasteiger partial charge < -0.3 is 11.1 Å². The van der Waals surface area contributed by atoms with Crippen LogP contribution < -0.4 is 11.1 Å². The van der Waals surface area contributed by atoms with Gasteiger partial charge in [-0.1, -0.05) is 18.2 Å². The van der Waals surface area contributed by atoms with E-state index in [1.54, 1.807) is 12.1 Å². The minimum absolute atomic E-state index is 0.105. The van der Waals surface area contributed by atoms with Crippen LogP contribution in [-0.2, 0) is 0 Å². The van der Waals surface area contributed by atoms with Gasteiger partial charge in [0.15, 0.2) is 5.01 Å². The highest BCUT2D eigenvalue weighted by atomic mass is 32.1. The van der Waals surface area contributed by atoms with Crippen LogP contribution in [0.5, 0.6) is 0 Å². The number of benzene rings is 1. The first-order valence-corrected chi connectivity index (χ1v) is 5.66. The number of nitrogens with zero attached hydrogens (tertiary/aromatic N) is 1. The molecule has 0 unspecified atom stereocenters. The number of thiazole rings is 1. The van der Waals surface area contributed by atoms with Crippen molar-refractivity contribution in [3.63, 3.8) is 0 Å². The quantitative estimate of drug-likeness (QED) is 0.861. The smallest absolute Gasteiger partial charge is 0.284 e. The van der Waals surface area contributed by atoms with Crippen LogP contribution in [0.1, 0.15) is 20.3 Å². The van der Waals surface area contributed by atoms with Gasteiger partial charge in [0.2, 0.25) is 0 Å². The van der Waals surface area contributed by atoms with Gasteiger partial charge in [0.05, 0.1) is 0 Å². The van der Waals surface area contributed by atoms with Gasteiger partial charge in [-0.2, -0.15) is 0 Å². The van der Waals surface area contributed by atoms with Gasteiger partial charge in [-0.25, -0.2) is 4.98 Å². The molecule has 2 aromatic rings. The predicted octanol–water partition coefficient (Wildman–Crippen LogP) is 1.49. The number of nitrogens with one attached hydrogen (secondary N) is 1. The lowest BCUT2D eigenvalue weighted by Gasteiger charge is -2.01. The highest BCUT2D eigenvalue weighted by Gasteiger charge is 2.13. The molecule has 0 spiro atoms. The highest BCUT2D eigenvalue weighted by molar-refractivity contribution is 7.12. The van der Waals surface area contributed by atoms with E-state index in [0.29, 0.717) is 5.69 Å². The number of para-hydroxylation sites is 1. The third-order valence-electron chi connectivity index (χ3n) is 1.98. The van der Waals surface area contributed by atoms with Gasteiger partial charge in [-0.05, 0) is 12.1 Å². The summed E-state index contributed by atoms with van der Waals surface area (Å²) >= 11 is 1.08. The number of hydrogen-bond acceptors (Lipinski definition) is 4. The number of carbonyl (C=O) groups is 2. The molecular formula is C11H9N3O2S. The van der Waals surface area contributed by atoms with Crippen LogP contribution in [0.3, 0.4) is 0 Å². The minimum Gasteiger partial charge on any atom is -0.364 e. The SMILES string of the molecule is NC(=O)c1csc(C(=O)Nc2ccccc2)n1. The summed E-state index contributed by atoms with van der Waals surface area (Å²) in [6.07, 6.45) is 0. The van der Waals surface area contributed by atoms with Crippen LogP contribution in [0.15, 0.2) is 35.7 Å². The van der Waals surface area contributed by atoms with Gasteiger partial charge in [0, 0.05) is 11.1 Å². The summed E-state index contributed by atoms with van der Waals surface area (Å²) < 4.78 is 0. The highest BCUT2D eigenvalue weighted by Crippen LogP contribution is 2.12. The molecule has 1 heterocycles. The topological polar surface area (TPSA) is 85.1 Å². The minimum atomic E-state index is -0.639. The molecule has 6 heteroatoms. The van der Waals surface area contributed by atoms with Crippen molar-refractivity contribution in [1.29, 1.82) is 0 Å². The van der Waals surface area contributed by atoms with Crippen molar-refractivity contribution in [1.82, 2.24) is 4.98 Å². The molecule has 3 N–H and O–H groups in total. The maximum atomic E-state index is 11.7. The lowest BCUT2D eigenvalue weighted by Crippen LogP contribution is -2.14. The molecule has 0 fully saturated rings. The van der Waals surface area contributed by atoms with E-state index in [0.717, 1.165) is 11.3 Å². The Morgan fingerprint density at radius 1 is 1.24 bits per heavy atom. The zero-order chi connectivity index (χ0) is 12.3. The maximum absolute atomic E-state index is 11.7. The molecule has 17 heavy (non-hydrogen) atoms. The van der Waals surface area contributed by atoms with Gasteiger partial charge in [0.1, 0.15) is 5.69 Å². The Kier molecular flexibility index (Phi) is 3.15. The van der Waals surface area contributed by atoms with E-state index < -0.39 is 5.91 Å². The number of amides is 2. The molecule has 0 aliphatic rings. The third-order valence-corrected chi connectivity index (χ3v) is 2.82. The lowest BCUT2D eigenvalue weighted by molar-refractivity contribution is 0.0996. The van der Waals surface area contributed by atoms with Crippen molar-refractivity contribution in [2.45, 2.75) is 0 Å². The zero-order valence-corrected chi connectivity index (χ0v) is 9.53. The summed E-state index contributed by atoms with van der Waals surface area (Å²) in [6, 6.07) is 9.00. The van der Waals surface area contributed by atoms with Crippen molar-refractivity contribution < 1.29 is 9.59 Å². The number of primary amides is 1. The molecule has 0 saturated carbocycles. The van der Waals surface area contributed by atoms with Crippen molar-refractivity contribution in [2.75, 3.05) is 5.32 Å². The first-order valence-electron chi connectivity index (χ1n) is 4.78. The predicted molar refractivity (Wildman–Crippen MR) is 65.0 cm³/mol. The molecule has 0 atom stereocenters. The molecule has 1 aromatic heterocycles. The number of carbonyl (C=O) groups excluding carboxylic acids is 2. The van der Waals surface area contributed by atoms with Gasteiger partial charge in [-0.15, -0.1) is 11.3 Å². The number of nitrogens with two attached hydrogens (primary N) is 1. The molecular weight excluding hydrogens is 238 g/mol. The van der Waals surface area contributed by atoms with Crippen LogP contribution >= 0.6 is 11.3 Å².